The van der Waals surface area contributed by atoms with Gasteiger partial charge in [-0.3, -0.25) is 4.90 Å². The lowest BCUT2D eigenvalue weighted by molar-refractivity contribution is 0.0139. The molecule has 4 heteroatoms. The third-order valence-electron chi connectivity index (χ3n) is 4.38. The van der Waals surface area contributed by atoms with Gasteiger partial charge in [-0.1, -0.05) is 54.6 Å². The first-order chi connectivity index (χ1) is 10.6. The van der Waals surface area contributed by atoms with E-state index in [-0.39, 0.29) is 17.6 Å². The Morgan fingerprint density at radius 2 is 1.64 bits per heavy atom. The molecule has 2 aromatic carbocycles. The number of benzene rings is 2. The van der Waals surface area contributed by atoms with Gasteiger partial charge in [-0.15, -0.1) is 0 Å². The van der Waals surface area contributed by atoms with Crippen molar-refractivity contribution >= 4 is 0 Å². The van der Waals surface area contributed by atoms with E-state index in [9.17, 15) is 13.9 Å². The number of hydrogen-bond acceptors (Lipinski definition) is 2. The van der Waals surface area contributed by atoms with Crippen LogP contribution in [0.1, 0.15) is 23.1 Å². The number of alkyl halides is 2. The minimum atomic E-state index is -2.42. The molecule has 3 rings (SSSR count). The summed E-state index contributed by atoms with van der Waals surface area (Å²) in [6, 6.07) is 16.5. The van der Waals surface area contributed by atoms with Crippen LogP contribution in [0.5, 0.6) is 0 Å². The third kappa shape index (κ3) is 2.89. The van der Waals surface area contributed by atoms with E-state index in [1.54, 1.807) is 12.1 Å². The molecule has 1 fully saturated rings. The van der Waals surface area contributed by atoms with Crippen LogP contribution in [0.2, 0.25) is 0 Å². The topological polar surface area (TPSA) is 23.5 Å². The Hall–Kier alpha value is -1.78. The molecule has 22 heavy (non-hydrogen) atoms. The van der Waals surface area contributed by atoms with E-state index in [1.165, 1.54) is 12.1 Å². The maximum Gasteiger partial charge on any atom is 0.263 e. The van der Waals surface area contributed by atoms with Gasteiger partial charge in [0.05, 0.1) is 6.61 Å². The van der Waals surface area contributed by atoms with E-state index in [1.807, 2.05) is 30.3 Å². The van der Waals surface area contributed by atoms with Gasteiger partial charge in [-0.25, -0.2) is 8.78 Å². The molecule has 2 nitrogen and oxygen atoms in total. The van der Waals surface area contributed by atoms with Gasteiger partial charge >= 0.3 is 0 Å². The number of nitrogens with zero attached hydrogens (tertiary/aromatic N) is 1. The fourth-order valence-electron chi connectivity index (χ4n) is 3.11. The Labute approximate surface area is 129 Å². The highest BCUT2D eigenvalue weighted by Crippen LogP contribution is 2.35. The monoisotopic (exact) mass is 303 g/mol. The fraction of sp³-hybridized carbons (Fsp3) is 0.333. The second-order valence-corrected chi connectivity index (χ2v) is 5.99. The van der Waals surface area contributed by atoms with Crippen molar-refractivity contribution in [3.63, 3.8) is 0 Å². The summed E-state index contributed by atoms with van der Waals surface area (Å²) in [6.45, 7) is 2.41. The molecular formula is C18H19F2NO. The maximum absolute atomic E-state index is 12.5. The highest BCUT2D eigenvalue weighted by molar-refractivity contribution is 5.31. The zero-order valence-corrected chi connectivity index (χ0v) is 12.3. The SMILES string of the molecule is OCC1(c2ccccc2)CN(Cc2ccc(C(F)F)cc2)C1. The van der Waals surface area contributed by atoms with Gasteiger partial charge in [-0.2, -0.15) is 0 Å². The summed E-state index contributed by atoms with van der Waals surface area (Å²) in [7, 11) is 0. The molecule has 116 valence electrons. The Kier molecular flexibility index (Phi) is 4.23. The summed E-state index contributed by atoms with van der Waals surface area (Å²) in [5, 5.41) is 9.76. The summed E-state index contributed by atoms with van der Waals surface area (Å²) in [4.78, 5) is 2.22. The van der Waals surface area contributed by atoms with Crippen LogP contribution in [0.4, 0.5) is 8.78 Å². The van der Waals surface area contributed by atoms with E-state index in [0.29, 0.717) is 0 Å². The molecule has 1 heterocycles. The van der Waals surface area contributed by atoms with Gasteiger partial charge in [0.2, 0.25) is 0 Å². The van der Waals surface area contributed by atoms with Crippen LogP contribution in [0, 0.1) is 0 Å². The van der Waals surface area contributed by atoms with Gasteiger partial charge in [-0.05, 0) is 11.1 Å². The first-order valence-electron chi connectivity index (χ1n) is 7.39. The molecule has 0 amide bonds. The number of likely N-dealkylation sites (tertiary alicyclic amines) is 1. The van der Waals surface area contributed by atoms with Gasteiger partial charge in [0.15, 0.2) is 0 Å². The molecule has 0 aliphatic carbocycles. The maximum atomic E-state index is 12.5. The molecule has 0 bridgehead atoms. The van der Waals surface area contributed by atoms with Crippen molar-refractivity contribution in [2.75, 3.05) is 19.7 Å². The van der Waals surface area contributed by atoms with Gasteiger partial charge in [0.1, 0.15) is 0 Å². The summed E-state index contributed by atoms with van der Waals surface area (Å²) in [5.74, 6) is 0. The first-order valence-corrected chi connectivity index (χ1v) is 7.39. The van der Waals surface area contributed by atoms with Crippen molar-refractivity contribution < 1.29 is 13.9 Å². The van der Waals surface area contributed by atoms with Gasteiger partial charge in [0.25, 0.3) is 6.43 Å². The Morgan fingerprint density at radius 1 is 1.00 bits per heavy atom. The van der Waals surface area contributed by atoms with Crippen LogP contribution in [-0.4, -0.2) is 29.7 Å². The summed E-state index contributed by atoms with van der Waals surface area (Å²) in [5.41, 5.74) is 2.04. The van der Waals surface area contributed by atoms with E-state index < -0.39 is 6.43 Å². The highest BCUT2D eigenvalue weighted by atomic mass is 19.3. The average molecular weight is 303 g/mol. The van der Waals surface area contributed by atoms with Crippen molar-refractivity contribution in [2.24, 2.45) is 0 Å². The van der Waals surface area contributed by atoms with Crippen LogP contribution in [-0.2, 0) is 12.0 Å². The summed E-state index contributed by atoms with van der Waals surface area (Å²) in [6.07, 6.45) is -2.42. The van der Waals surface area contributed by atoms with Crippen molar-refractivity contribution in [2.45, 2.75) is 18.4 Å². The first kappa shape index (κ1) is 15.1. The minimum Gasteiger partial charge on any atom is -0.395 e. The van der Waals surface area contributed by atoms with E-state index in [0.717, 1.165) is 30.8 Å². The van der Waals surface area contributed by atoms with Gasteiger partial charge < -0.3 is 5.11 Å². The van der Waals surface area contributed by atoms with E-state index in [2.05, 4.69) is 4.90 Å². The Morgan fingerprint density at radius 3 is 2.18 bits per heavy atom. The molecule has 0 radical (unpaired) electrons. The van der Waals surface area contributed by atoms with Crippen molar-refractivity contribution in [1.29, 1.82) is 0 Å². The smallest absolute Gasteiger partial charge is 0.263 e. The lowest BCUT2D eigenvalue weighted by atomic mass is 9.74. The van der Waals surface area contributed by atoms with Gasteiger partial charge in [0, 0.05) is 30.6 Å². The van der Waals surface area contributed by atoms with Crippen molar-refractivity contribution in [3.8, 4) is 0 Å². The molecule has 1 N–H and O–H groups in total. The van der Waals surface area contributed by atoms with Crippen LogP contribution in [0.25, 0.3) is 0 Å². The second-order valence-electron chi connectivity index (χ2n) is 5.99. The highest BCUT2D eigenvalue weighted by Gasteiger charge is 2.43. The summed E-state index contributed by atoms with van der Waals surface area (Å²) < 4.78 is 25.1. The second kappa shape index (κ2) is 6.15. The standard InChI is InChI=1S/C18H19F2NO/c19-17(20)15-8-6-14(7-9-15)10-21-11-18(12-21,13-22)16-4-2-1-3-5-16/h1-9,17,22H,10-13H2. The van der Waals surface area contributed by atoms with Crippen molar-refractivity contribution in [3.05, 3.63) is 71.3 Å². The molecule has 0 saturated carbocycles. The van der Waals surface area contributed by atoms with Crippen LogP contribution in [0.3, 0.4) is 0 Å². The van der Waals surface area contributed by atoms with E-state index in [4.69, 9.17) is 0 Å². The lowest BCUT2D eigenvalue weighted by Gasteiger charge is -2.49. The Balaban J connectivity index is 1.63. The molecule has 0 aromatic heterocycles. The molecule has 2 aromatic rings. The predicted molar refractivity (Wildman–Crippen MR) is 81.9 cm³/mol. The number of aliphatic hydroxyl groups is 1. The third-order valence-corrected chi connectivity index (χ3v) is 4.38. The lowest BCUT2D eigenvalue weighted by Crippen LogP contribution is -2.60. The minimum absolute atomic E-state index is 0.0568. The number of halogens is 2. The normalized spacial score (nSPS) is 17.5. The number of rotatable bonds is 5. The fourth-order valence-corrected chi connectivity index (χ4v) is 3.11. The van der Waals surface area contributed by atoms with Crippen molar-refractivity contribution in [1.82, 2.24) is 4.90 Å². The molecule has 0 atom stereocenters. The largest absolute Gasteiger partial charge is 0.395 e. The summed E-state index contributed by atoms with van der Waals surface area (Å²) >= 11 is 0. The van der Waals surface area contributed by atoms with Crippen LogP contribution < -0.4 is 0 Å². The number of aliphatic hydroxyl groups excluding tert-OH is 1. The quantitative estimate of drug-likeness (QED) is 0.915. The molecular weight excluding hydrogens is 284 g/mol. The van der Waals surface area contributed by atoms with Crippen LogP contribution >= 0.6 is 0 Å². The van der Waals surface area contributed by atoms with E-state index >= 15 is 0 Å². The molecule has 1 aliphatic rings. The predicted octanol–water partition coefficient (Wildman–Crippen LogP) is 3.37. The number of hydrogen-bond donors (Lipinski definition) is 1. The Bertz CT molecular complexity index is 607. The molecule has 0 spiro atoms. The zero-order chi connectivity index (χ0) is 15.6. The zero-order valence-electron chi connectivity index (χ0n) is 12.3. The van der Waals surface area contributed by atoms with Crippen LogP contribution in [0.15, 0.2) is 54.6 Å². The molecule has 1 saturated heterocycles. The molecule has 0 unspecified atom stereocenters. The average Bonchev–Trinajstić information content (AvgIpc) is 2.52. The molecule has 1 aliphatic heterocycles.